The fraction of sp³-hybridized carbons (Fsp3) is 0. The van der Waals surface area contributed by atoms with Crippen molar-refractivity contribution >= 4 is 65.4 Å². The summed E-state index contributed by atoms with van der Waals surface area (Å²) in [4.78, 5) is 11.3. The molecule has 0 amide bonds. The number of hydrogen-bond acceptors (Lipinski definition) is 2. The van der Waals surface area contributed by atoms with E-state index in [4.69, 9.17) is 9.97 Å². The molecule has 5 nitrogen and oxygen atoms in total. The molecule has 0 atom stereocenters. The van der Waals surface area contributed by atoms with E-state index in [9.17, 15) is 0 Å². The van der Waals surface area contributed by atoms with Crippen molar-refractivity contribution in [2.24, 2.45) is 0 Å². The summed E-state index contributed by atoms with van der Waals surface area (Å²) in [5.74, 6) is 2.26. The zero-order valence-corrected chi connectivity index (χ0v) is 27.5. The molecule has 0 aliphatic carbocycles. The Balaban J connectivity index is 1.40. The number of fused-ring (bicyclic) bond motifs is 9. The van der Waals surface area contributed by atoms with E-state index in [1.54, 1.807) is 0 Å². The van der Waals surface area contributed by atoms with Crippen molar-refractivity contribution in [2.75, 3.05) is 0 Å². The van der Waals surface area contributed by atoms with Crippen LogP contribution in [0.15, 0.2) is 176 Å². The SMILES string of the molecule is c1ccc(-c2c(-n3c4ccccc4c4ccccc43)nc(-n3c4ccccc4c4ccccc43)nc2-n2c3ccccc3c3ccccc32)cc1. The standard InChI is InChI=1S/C46H29N5/c1-2-16-30(17-3-1)43-44(49-37-24-10-4-18-31(37)32-19-5-11-25-38(32)49)47-46(51-41-28-14-8-22-35(41)36-23-9-15-29-42(36)51)48-45(43)50-39-26-12-6-20-33(39)34-21-7-13-27-40(34)50/h1-29H. The second kappa shape index (κ2) is 10.8. The highest BCUT2D eigenvalue weighted by Crippen LogP contribution is 2.42. The van der Waals surface area contributed by atoms with Gasteiger partial charge in [-0.25, -0.2) is 0 Å². The van der Waals surface area contributed by atoms with Crippen LogP contribution < -0.4 is 0 Å². The van der Waals surface area contributed by atoms with E-state index in [1.807, 2.05) is 0 Å². The number of rotatable bonds is 4. The summed E-state index contributed by atoms with van der Waals surface area (Å²) in [7, 11) is 0. The van der Waals surface area contributed by atoms with Gasteiger partial charge in [0.25, 0.3) is 0 Å². The Morgan fingerprint density at radius 2 is 0.549 bits per heavy atom. The first-order valence-electron chi connectivity index (χ1n) is 17.3. The molecule has 4 aromatic heterocycles. The van der Waals surface area contributed by atoms with Crippen LogP contribution in [0.4, 0.5) is 0 Å². The average molecular weight is 652 g/mol. The number of benzene rings is 7. The number of aromatic nitrogens is 5. The summed E-state index contributed by atoms with van der Waals surface area (Å²) in [5, 5.41) is 7.07. The van der Waals surface area contributed by atoms with Gasteiger partial charge in [-0.2, -0.15) is 9.97 Å². The highest BCUT2D eigenvalue weighted by molar-refractivity contribution is 6.12. The molecule has 11 rings (SSSR count). The lowest BCUT2D eigenvalue weighted by atomic mass is 10.1. The summed E-state index contributed by atoms with van der Waals surface area (Å²) in [6.07, 6.45) is 0. The molecule has 0 spiro atoms. The number of nitrogens with zero attached hydrogens (tertiary/aromatic N) is 5. The van der Waals surface area contributed by atoms with Crippen LogP contribution in [0.3, 0.4) is 0 Å². The van der Waals surface area contributed by atoms with Crippen LogP contribution in [0.5, 0.6) is 0 Å². The molecule has 4 heterocycles. The van der Waals surface area contributed by atoms with Gasteiger partial charge in [-0.15, -0.1) is 0 Å². The lowest BCUT2D eigenvalue weighted by Crippen LogP contribution is -2.13. The van der Waals surface area contributed by atoms with E-state index in [2.05, 4.69) is 190 Å². The number of hydrogen-bond donors (Lipinski definition) is 0. The molecule has 0 saturated heterocycles. The van der Waals surface area contributed by atoms with Crippen LogP contribution in [0, 0.1) is 0 Å². The minimum atomic E-state index is 0.612. The van der Waals surface area contributed by atoms with Crippen molar-refractivity contribution in [1.82, 2.24) is 23.7 Å². The van der Waals surface area contributed by atoms with Crippen LogP contribution in [-0.4, -0.2) is 23.7 Å². The largest absolute Gasteiger partial charge is 0.293 e. The van der Waals surface area contributed by atoms with Gasteiger partial charge in [0.15, 0.2) is 11.6 Å². The second-order valence-electron chi connectivity index (χ2n) is 13.0. The normalized spacial score (nSPS) is 11.9. The van der Waals surface area contributed by atoms with Crippen LogP contribution in [0.2, 0.25) is 0 Å². The van der Waals surface area contributed by atoms with E-state index >= 15 is 0 Å². The smallest absolute Gasteiger partial charge is 0.238 e. The predicted octanol–water partition coefficient (Wildman–Crippen LogP) is 11.4. The van der Waals surface area contributed by atoms with E-state index in [0.29, 0.717) is 5.95 Å². The summed E-state index contributed by atoms with van der Waals surface area (Å²) in [6.45, 7) is 0. The van der Waals surface area contributed by atoms with Gasteiger partial charge in [0, 0.05) is 32.3 Å². The molecule has 0 fully saturated rings. The summed E-state index contributed by atoms with van der Waals surface area (Å²) in [6, 6.07) is 62.3. The van der Waals surface area contributed by atoms with Crippen LogP contribution in [0.25, 0.3) is 94.1 Å². The monoisotopic (exact) mass is 651 g/mol. The molecule has 238 valence electrons. The van der Waals surface area contributed by atoms with Gasteiger partial charge in [-0.3, -0.25) is 13.7 Å². The van der Waals surface area contributed by atoms with Crippen molar-refractivity contribution in [1.29, 1.82) is 0 Å². The first-order valence-corrected chi connectivity index (χ1v) is 17.3. The van der Waals surface area contributed by atoms with Gasteiger partial charge in [0.1, 0.15) is 0 Å². The molecule has 0 bridgehead atoms. The molecule has 7 aromatic carbocycles. The Labute approximate surface area is 292 Å². The van der Waals surface area contributed by atoms with E-state index in [1.165, 1.54) is 32.3 Å². The van der Waals surface area contributed by atoms with Gasteiger partial charge in [0.2, 0.25) is 5.95 Å². The maximum atomic E-state index is 5.67. The van der Waals surface area contributed by atoms with Gasteiger partial charge in [-0.05, 0) is 42.0 Å². The Bertz CT molecular complexity index is 2850. The van der Waals surface area contributed by atoms with Crippen LogP contribution in [0.1, 0.15) is 0 Å². The van der Waals surface area contributed by atoms with Crippen molar-refractivity contribution in [2.45, 2.75) is 0 Å². The molecule has 5 heteroatoms. The first kappa shape index (κ1) is 27.9. The molecule has 0 unspecified atom stereocenters. The molecule has 0 radical (unpaired) electrons. The van der Waals surface area contributed by atoms with E-state index in [-0.39, 0.29) is 0 Å². The summed E-state index contributed by atoms with van der Waals surface area (Å²) < 4.78 is 6.90. The molecule has 51 heavy (non-hydrogen) atoms. The topological polar surface area (TPSA) is 40.6 Å². The summed E-state index contributed by atoms with van der Waals surface area (Å²) >= 11 is 0. The van der Waals surface area contributed by atoms with Gasteiger partial charge >= 0.3 is 0 Å². The quantitative estimate of drug-likeness (QED) is 0.190. The zero-order valence-electron chi connectivity index (χ0n) is 27.5. The van der Waals surface area contributed by atoms with Gasteiger partial charge < -0.3 is 0 Å². The van der Waals surface area contributed by atoms with Gasteiger partial charge in [0.05, 0.1) is 38.7 Å². The summed E-state index contributed by atoms with van der Waals surface area (Å²) in [5.41, 5.74) is 8.50. The average Bonchev–Trinajstić information content (AvgIpc) is 3.84. The molecule has 0 N–H and O–H groups in total. The Morgan fingerprint density at radius 3 is 0.882 bits per heavy atom. The molecular weight excluding hydrogens is 623 g/mol. The minimum Gasteiger partial charge on any atom is -0.293 e. The second-order valence-corrected chi connectivity index (χ2v) is 13.0. The highest BCUT2D eigenvalue weighted by atomic mass is 15.2. The molecule has 11 aromatic rings. The zero-order chi connectivity index (χ0) is 33.5. The fourth-order valence-electron chi connectivity index (χ4n) is 8.15. The Morgan fingerprint density at radius 1 is 0.275 bits per heavy atom. The van der Waals surface area contributed by atoms with E-state index in [0.717, 1.165) is 55.9 Å². The van der Waals surface area contributed by atoms with Crippen molar-refractivity contribution in [3.63, 3.8) is 0 Å². The third-order valence-electron chi connectivity index (χ3n) is 10.3. The lowest BCUT2D eigenvalue weighted by molar-refractivity contribution is 0.922. The minimum absolute atomic E-state index is 0.612. The van der Waals surface area contributed by atoms with E-state index < -0.39 is 0 Å². The van der Waals surface area contributed by atoms with Crippen molar-refractivity contribution in [3.8, 4) is 28.7 Å². The fourth-order valence-corrected chi connectivity index (χ4v) is 8.15. The van der Waals surface area contributed by atoms with Crippen LogP contribution >= 0.6 is 0 Å². The molecule has 0 aliphatic heterocycles. The molecule has 0 aliphatic rings. The predicted molar refractivity (Wildman–Crippen MR) is 210 cm³/mol. The number of para-hydroxylation sites is 6. The third kappa shape index (κ3) is 3.97. The van der Waals surface area contributed by atoms with Crippen LogP contribution in [-0.2, 0) is 0 Å². The molecular formula is C46H29N5. The Kier molecular flexibility index (Phi) is 5.89. The lowest BCUT2D eigenvalue weighted by Gasteiger charge is -2.20. The maximum Gasteiger partial charge on any atom is 0.238 e. The maximum absolute atomic E-state index is 5.67. The van der Waals surface area contributed by atoms with Crippen molar-refractivity contribution in [3.05, 3.63) is 176 Å². The first-order chi connectivity index (χ1) is 25.3. The van der Waals surface area contributed by atoms with Crippen molar-refractivity contribution < 1.29 is 0 Å². The highest BCUT2D eigenvalue weighted by Gasteiger charge is 2.26. The molecule has 0 saturated carbocycles. The van der Waals surface area contributed by atoms with Gasteiger partial charge in [-0.1, -0.05) is 140 Å². The third-order valence-corrected chi connectivity index (χ3v) is 10.3. The Hall–Kier alpha value is -6.98.